The van der Waals surface area contributed by atoms with Crippen molar-refractivity contribution < 1.29 is 23.0 Å². The maximum Gasteiger partial charge on any atom is 0.418 e. The highest BCUT2D eigenvalue weighted by Crippen LogP contribution is 2.42. The van der Waals surface area contributed by atoms with Crippen molar-refractivity contribution in [2.24, 2.45) is 10.2 Å². The molecule has 3 aromatic carbocycles. The van der Waals surface area contributed by atoms with Crippen LogP contribution >= 0.6 is 0 Å². The Labute approximate surface area is 141 Å². The van der Waals surface area contributed by atoms with E-state index in [1.54, 1.807) is 24.3 Å². The monoisotopic (exact) mass is 346 g/mol. The molecule has 0 aliphatic rings. The van der Waals surface area contributed by atoms with Crippen LogP contribution in [0, 0.1) is 0 Å². The summed E-state index contributed by atoms with van der Waals surface area (Å²) < 4.78 is 44.2. The molecule has 0 saturated heterocycles. The van der Waals surface area contributed by atoms with Crippen molar-refractivity contribution in [1.82, 2.24) is 0 Å². The fraction of sp³-hybridized carbons (Fsp3) is 0.111. The van der Waals surface area contributed by atoms with Crippen molar-refractivity contribution in [2.45, 2.75) is 6.18 Å². The number of rotatable bonds is 3. The van der Waals surface area contributed by atoms with Crippen LogP contribution in [0.5, 0.6) is 11.5 Å². The standard InChI is InChI=1S/C18H13F3N2O2/c1-25-16-10-15(11-6-2-3-7-12(11)17(16)24)23-22-14-9-5-4-8-13(14)18(19,20)21/h2-10,24H,1H3. The number of halogens is 3. The molecule has 0 spiro atoms. The van der Waals surface area contributed by atoms with Gasteiger partial charge in [0.15, 0.2) is 11.5 Å². The number of hydrogen-bond donors (Lipinski definition) is 1. The first-order chi connectivity index (χ1) is 11.9. The smallest absolute Gasteiger partial charge is 0.418 e. The lowest BCUT2D eigenvalue weighted by atomic mass is 10.1. The predicted molar refractivity (Wildman–Crippen MR) is 87.8 cm³/mol. The van der Waals surface area contributed by atoms with Crippen molar-refractivity contribution in [1.29, 1.82) is 0 Å². The van der Waals surface area contributed by atoms with Crippen LogP contribution in [0.2, 0.25) is 0 Å². The molecule has 0 amide bonds. The summed E-state index contributed by atoms with van der Waals surface area (Å²) in [6.45, 7) is 0. The molecule has 0 aromatic heterocycles. The van der Waals surface area contributed by atoms with E-state index in [1.165, 1.54) is 31.4 Å². The summed E-state index contributed by atoms with van der Waals surface area (Å²) in [5.41, 5.74) is -0.859. The molecule has 4 nitrogen and oxygen atoms in total. The molecule has 0 bridgehead atoms. The molecule has 7 heteroatoms. The first-order valence-electron chi connectivity index (χ1n) is 7.28. The molecule has 128 valence electrons. The number of phenols is 1. The highest BCUT2D eigenvalue weighted by molar-refractivity contribution is 5.98. The molecule has 0 aliphatic carbocycles. The number of benzene rings is 3. The van der Waals surface area contributed by atoms with Gasteiger partial charge in [0.2, 0.25) is 0 Å². The molecule has 0 unspecified atom stereocenters. The summed E-state index contributed by atoms with van der Waals surface area (Å²) in [5, 5.41) is 18.9. The van der Waals surface area contributed by atoms with E-state index in [4.69, 9.17) is 4.74 Å². The molecule has 0 aliphatic heterocycles. The molecular weight excluding hydrogens is 333 g/mol. The van der Waals surface area contributed by atoms with Crippen LogP contribution in [0.15, 0.2) is 64.8 Å². The van der Waals surface area contributed by atoms with Gasteiger partial charge in [-0.2, -0.15) is 13.2 Å². The average molecular weight is 346 g/mol. The van der Waals surface area contributed by atoms with E-state index in [1.807, 2.05) is 0 Å². The minimum absolute atomic E-state index is 0.0623. The van der Waals surface area contributed by atoms with Crippen LogP contribution in [-0.2, 0) is 6.18 Å². The van der Waals surface area contributed by atoms with Gasteiger partial charge in [-0.15, -0.1) is 10.2 Å². The van der Waals surface area contributed by atoms with Gasteiger partial charge < -0.3 is 9.84 Å². The van der Waals surface area contributed by atoms with Crippen LogP contribution in [0.4, 0.5) is 24.5 Å². The number of hydrogen-bond acceptors (Lipinski definition) is 4. The van der Waals surface area contributed by atoms with Gasteiger partial charge in [0.05, 0.1) is 24.0 Å². The van der Waals surface area contributed by atoms with Gasteiger partial charge in [-0.3, -0.25) is 0 Å². The quantitative estimate of drug-likeness (QED) is 0.592. The van der Waals surface area contributed by atoms with Crippen molar-refractivity contribution in [3.63, 3.8) is 0 Å². The van der Waals surface area contributed by atoms with Crippen molar-refractivity contribution in [3.05, 3.63) is 60.2 Å². The van der Waals surface area contributed by atoms with Crippen LogP contribution in [0.3, 0.4) is 0 Å². The van der Waals surface area contributed by atoms with Gasteiger partial charge in [0.25, 0.3) is 0 Å². The third-order valence-corrected chi connectivity index (χ3v) is 3.65. The summed E-state index contributed by atoms with van der Waals surface area (Å²) in [6, 6.07) is 13.2. The number of methoxy groups -OCH3 is 1. The third-order valence-electron chi connectivity index (χ3n) is 3.65. The predicted octanol–water partition coefficient (Wildman–Crippen LogP) is 5.99. The number of alkyl halides is 3. The zero-order valence-corrected chi connectivity index (χ0v) is 13.1. The number of phenolic OH excluding ortho intramolecular Hbond substituents is 1. The van der Waals surface area contributed by atoms with Gasteiger partial charge in [0.1, 0.15) is 0 Å². The third kappa shape index (κ3) is 3.26. The highest BCUT2D eigenvalue weighted by atomic mass is 19.4. The van der Waals surface area contributed by atoms with E-state index in [0.29, 0.717) is 16.5 Å². The molecule has 0 atom stereocenters. The molecule has 0 heterocycles. The van der Waals surface area contributed by atoms with Gasteiger partial charge in [0, 0.05) is 16.8 Å². The second-order valence-corrected chi connectivity index (χ2v) is 5.21. The topological polar surface area (TPSA) is 54.2 Å². The maximum absolute atomic E-state index is 13.0. The lowest BCUT2D eigenvalue weighted by Crippen LogP contribution is -2.04. The Kier molecular flexibility index (Phi) is 4.31. The number of ether oxygens (including phenoxy) is 1. The normalized spacial score (nSPS) is 12.0. The number of azo groups is 1. The van der Waals surface area contributed by atoms with Crippen molar-refractivity contribution in [2.75, 3.05) is 7.11 Å². The fourth-order valence-corrected chi connectivity index (χ4v) is 2.46. The Bertz CT molecular complexity index is 953. The van der Waals surface area contributed by atoms with E-state index in [-0.39, 0.29) is 17.2 Å². The second kappa shape index (κ2) is 6.43. The lowest BCUT2D eigenvalue weighted by Gasteiger charge is -2.10. The molecule has 25 heavy (non-hydrogen) atoms. The zero-order valence-electron chi connectivity index (χ0n) is 13.1. The molecule has 0 radical (unpaired) electrons. The Morgan fingerprint density at radius 2 is 1.48 bits per heavy atom. The summed E-state index contributed by atoms with van der Waals surface area (Å²) >= 11 is 0. The Balaban J connectivity index is 2.14. The first-order valence-corrected chi connectivity index (χ1v) is 7.28. The van der Waals surface area contributed by atoms with Crippen LogP contribution in [0.25, 0.3) is 10.8 Å². The lowest BCUT2D eigenvalue weighted by molar-refractivity contribution is -0.137. The van der Waals surface area contributed by atoms with Crippen LogP contribution in [0.1, 0.15) is 5.56 Å². The molecule has 0 saturated carbocycles. The van der Waals surface area contributed by atoms with E-state index in [0.717, 1.165) is 6.07 Å². The van der Waals surface area contributed by atoms with Gasteiger partial charge >= 0.3 is 6.18 Å². The fourth-order valence-electron chi connectivity index (χ4n) is 2.46. The summed E-state index contributed by atoms with van der Waals surface area (Å²) in [6.07, 6.45) is -4.52. The van der Waals surface area contributed by atoms with Crippen LogP contribution in [-0.4, -0.2) is 12.2 Å². The highest BCUT2D eigenvalue weighted by Gasteiger charge is 2.33. The Morgan fingerprint density at radius 1 is 0.880 bits per heavy atom. The van der Waals surface area contributed by atoms with Gasteiger partial charge in [-0.05, 0) is 12.1 Å². The number of fused-ring (bicyclic) bond motifs is 1. The maximum atomic E-state index is 13.0. The molecular formula is C18H13F3N2O2. The van der Waals surface area contributed by atoms with Crippen molar-refractivity contribution in [3.8, 4) is 11.5 Å². The second-order valence-electron chi connectivity index (χ2n) is 5.21. The zero-order chi connectivity index (χ0) is 18.0. The first kappa shape index (κ1) is 16.8. The minimum atomic E-state index is -4.52. The summed E-state index contributed by atoms with van der Waals surface area (Å²) in [4.78, 5) is 0. The van der Waals surface area contributed by atoms with Crippen LogP contribution < -0.4 is 4.74 Å². The molecule has 0 fully saturated rings. The molecule has 1 N–H and O–H groups in total. The van der Waals surface area contributed by atoms with E-state index < -0.39 is 11.7 Å². The summed E-state index contributed by atoms with van der Waals surface area (Å²) in [7, 11) is 1.38. The van der Waals surface area contributed by atoms with Gasteiger partial charge in [-0.1, -0.05) is 36.4 Å². The Hall–Kier alpha value is -3.09. The Morgan fingerprint density at radius 3 is 2.16 bits per heavy atom. The average Bonchev–Trinajstić information content (AvgIpc) is 2.61. The van der Waals surface area contributed by atoms with Gasteiger partial charge in [-0.25, -0.2) is 0 Å². The minimum Gasteiger partial charge on any atom is -0.504 e. The number of aromatic hydroxyl groups is 1. The van der Waals surface area contributed by atoms with E-state index in [9.17, 15) is 18.3 Å². The largest absolute Gasteiger partial charge is 0.504 e. The van der Waals surface area contributed by atoms with E-state index in [2.05, 4.69) is 10.2 Å². The summed E-state index contributed by atoms with van der Waals surface area (Å²) in [5.74, 6) is 0.101. The molecule has 3 aromatic rings. The SMILES string of the molecule is COc1cc(N=Nc2ccccc2C(F)(F)F)c2ccccc2c1O. The van der Waals surface area contributed by atoms with Crippen molar-refractivity contribution >= 4 is 22.1 Å². The van der Waals surface area contributed by atoms with E-state index >= 15 is 0 Å². The molecule has 3 rings (SSSR count). The number of nitrogens with zero attached hydrogens (tertiary/aromatic N) is 2.